The predicted octanol–water partition coefficient (Wildman–Crippen LogP) is 0.798. The van der Waals surface area contributed by atoms with Crippen molar-refractivity contribution in [3.8, 4) is 0 Å². The fourth-order valence-corrected chi connectivity index (χ4v) is 3.54. The zero-order valence-electron chi connectivity index (χ0n) is 11.9. The minimum atomic E-state index is -3.73. The number of azo groups is 1. The largest absolute Gasteiger partial charge is 0.383 e. The van der Waals surface area contributed by atoms with E-state index in [1.165, 1.54) is 41.8 Å². The zero-order valence-corrected chi connectivity index (χ0v) is 13.6. The fourth-order valence-electron chi connectivity index (χ4n) is 1.75. The average molecular weight is 365 g/mol. The van der Waals surface area contributed by atoms with Crippen LogP contribution in [0.2, 0.25) is 0 Å². The van der Waals surface area contributed by atoms with Crippen LogP contribution >= 0.6 is 11.3 Å². The number of sulfonamides is 1. The van der Waals surface area contributed by atoms with E-state index in [0.29, 0.717) is 5.69 Å². The van der Waals surface area contributed by atoms with Gasteiger partial charge in [-0.05, 0) is 24.3 Å². The summed E-state index contributed by atoms with van der Waals surface area (Å²) in [5.41, 5.74) is 8.05. The molecule has 0 spiro atoms. The summed E-state index contributed by atoms with van der Waals surface area (Å²) in [6.07, 6.45) is 1.50. The number of amidine groups is 1. The van der Waals surface area contributed by atoms with E-state index in [1.54, 1.807) is 5.38 Å². The van der Waals surface area contributed by atoms with E-state index in [0.717, 1.165) is 0 Å². The summed E-state index contributed by atoms with van der Waals surface area (Å²) >= 11 is 1.17. The van der Waals surface area contributed by atoms with Gasteiger partial charge in [-0.25, -0.2) is 18.8 Å². The summed E-state index contributed by atoms with van der Waals surface area (Å²) in [6, 6.07) is 4.69. The number of hydrogen-bond acceptors (Lipinski definition) is 9. The fraction of sp³-hybridized carbons (Fsp3) is 0.0833. The second-order valence-corrected chi connectivity index (χ2v) is 7.14. The summed E-state index contributed by atoms with van der Waals surface area (Å²) in [5.74, 6) is -0.446. The van der Waals surface area contributed by atoms with Gasteiger partial charge in [-0.1, -0.05) is 0 Å². The molecule has 0 saturated carbocycles. The molecule has 1 aromatic heterocycles. The second kappa shape index (κ2) is 6.33. The zero-order chi connectivity index (χ0) is 17.2. The van der Waals surface area contributed by atoms with E-state index in [1.807, 2.05) is 0 Å². The first-order valence-corrected chi connectivity index (χ1v) is 8.88. The lowest BCUT2D eigenvalue weighted by molar-refractivity contribution is -0.120. The first-order valence-electron chi connectivity index (χ1n) is 6.52. The molecule has 1 aromatic carbocycles. The molecule has 124 valence electrons. The third kappa shape index (κ3) is 3.38. The van der Waals surface area contributed by atoms with Gasteiger partial charge in [-0.3, -0.25) is 9.52 Å². The Morgan fingerprint density at radius 3 is 2.62 bits per heavy atom. The average Bonchev–Trinajstić information content (AvgIpc) is 3.16. The molecule has 1 aliphatic heterocycles. The van der Waals surface area contributed by atoms with Crippen molar-refractivity contribution in [2.24, 2.45) is 21.1 Å². The highest BCUT2D eigenvalue weighted by molar-refractivity contribution is 7.93. The van der Waals surface area contributed by atoms with Gasteiger partial charge in [-0.15, -0.1) is 11.3 Å². The Hall–Kier alpha value is -2.86. The van der Waals surface area contributed by atoms with Gasteiger partial charge < -0.3 is 5.73 Å². The van der Waals surface area contributed by atoms with Crippen LogP contribution in [0, 0.1) is 0 Å². The first-order chi connectivity index (χ1) is 11.5. The number of anilines is 1. The van der Waals surface area contributed by atoms with Crippen LogP contribution < -0.4 is 15.9 Å². The maximum Gasteiger partial charge on any atom is 0.274 e. The second-order valence-electron chi connectivity index (χ2n) is 4.57. The normalized spacial score (nSPS) is 17.8. The number of nitrogens with zero attached hydrogens (tertiary/aromatic N) is 4. The Labute approximate surface area is 140 Å². The third-order valence-electron chi connectivity index (χ3n) is 2.91. The molecule has 1 amide bonds. The minimum absolute atomic E-state index is 0.0237. The van der Waals surface area contributed by atoms with Gasteiger partial charge in [0.05, 0.1) is 10.6 Å². The van der Waals surface area contributed by atoms with E-state index in [2.05, 4.69) is 30.5 Å². The number of benzene rings is 1. The highest BCUT2D eigenvalue weighted by atomic mass is 32.2. The van der Waals surface area contributed by atoms with Crippen molar-refractivity contribution in [2.45, 2.75) is 10.9 Å². The van der Waals surface area contributed by atoms with Crippen LogP contribution in [0.15, 0.2) is 56.1 Å². The monoisotopic (exact) mass is 365 g/mol. The number of nitrogens with two attached hydrogens (primary N) is 1. The van der Waals surface area contributed by atoms with Crippen molar-refractivity contribution in [3.63, 3.8) is 0 Å². The Kier molecular flexibility index (Phi) is 4.22. The molecule has 0 unspecified atom stereocenters. The quantitative estimate of drug-likeness (QED) is 0.669. The van der Waals surface area contributed by atoms with Crippen molar-refractivity contribution in [3.05, 3.63) is 35.8 Å². The summed E-state index contributed by atoms with van der Waals surface area (Å²) in [7, 11) is -3.73. The maximum atomic E-state index is 12.2. The van der Waals surface area contributed by atoms with Crippen LogP contribution in [-0.2, 0) is 14.8 Å². The summed E-state index contributed by atoms with van der Waals surface area (Å²) in [6.45, 7) is 0. The van der Waals surface area contributed by atoms with Crippen LogP contribution in [0.1, 0.15) is 0 Å². The number of aromatic nitrogens is 1. The maximum absolute atomic E-state index is 12.2. The predicted molar refractivity (Wildman–Crippen MR) is 87.4 cm³/mol. The molecule has 4 N–H and O–H groups in total. The third-order valence-corrected chi connectivity index (χ3v) is 5.09. The number of rotatable bonds is 5. The Morgan fingerprint density at radius 2 is 2.04 bits per heavy atom. The Bertz CT molecular complexity index is 905. The van der Waals surface area contributed by atoms with Crippen molar-refractivity contribution >= 4 is 43.9 Å². The number of carbonyl (C=O) groups is 1. The van der Waals surface area contributed by atoms with E-state index >= 15 is 0 Å². The van der Waals surface area contributed by atoms with Crippen molar-refractivity contribution < 1.29 is 13.2 Å². The molecule has 2 heterocycles. The van der Waals surface area contributed by atoms with E-state index < -0.39 is 22.0 Å². The standard InChI is InChI=1S/C12H11N7O3S2/c13-10-9(11(20)18-17-10)16-15-7-1-3-8(4-2-7)24(21,22)19-12-14-5-6-23-12/h1-6,9H,(H2,13,17)(H,14,19)(H,18,20)/t9-/m1/s1. The molecule has 2 aromatic rings. The number of thiazole rings is 1. The van der Waals surface area contributed by atoms with E-state index in [-0.39, 0.29) is 15.9 Å². The van der Waals surface area contributed by atoms with Crippen LogP contribution in [0.3, 0.4) is 0 Å². The molecule has 0 saturated heterocycles. The van der Waals surface area contributed by atoms with Gasteiger partial charge in [0.15, 0.2) is 11.0 Å². The molecular formula is C12H11N7O3S2. The molecule has 24 heavy (non-hydrogen) atoms. The van der Waals surface area contributed by atoms with Crippen molar-refractivity contribution in [1.82, 2.24) is 10.4 Å². The van der Waals surface area contributed by atoms with Gasteiger partial charge in [0, 0.05) is 11.6 Å². The summed E-state index contributed by atoms with van der Waals surface area (Å²) in [5, 5.41) is 13.1. The van der Waals surface area contributed by atoms with Crippen molar-refractivity contribution in [2.75, 3.05) is 4.72 Å². The molecule has 10 nitrogen and oxygen atoms in total. The SMILES string of the molecule is NC1=NNC(=O)[C@@H]1N=Nc1ccc(S(=O)(=O)Nc2nccs2)cc1. The van der Waals surface area contributed by atoms with Gasteiger partial charge in [0.1, 0.15) is 0 Å². The molecule has 1 atom stereocenters. The van der Waals surface area contributed by atoms with E-state index in [4.69, 9.17) is 5.73 Å². The molecule has 1 aliphatic rings. The summed E-state index contributed by atoms with van der Waals surface area (Å²) < 4.78 is 26.7. The van der Waals surface area contributed by atoms with Crippen molar-refractivity contribution in [1.29, 1.82) is 0 Å². The van der Waals surface area contributed by atoms with Gasteiger partial charge in [-0.2, -0.15) is 15.3 Å². The van der Waals surface area contributed by atoms with Gasteiger partial charge in [0.25, 0.3) is 15.9 Å². The van der Waals surface area contributed by atoms with Crippen LogP contribution in [-0.4, -0.2) is 31.2 Å². The highest BCUT2D eigenvalue weighted by Gasteiger charge is 2.27. The molecule has 12 heteroatoms. The number of carbonyl (C=O) groups excluding carboxylic acids is 1. The number of hydrazone groups is 1. The summed E-state index contributed by atoms with van der Waals surface area (Å²) in [4.78, 5) is 15.3. The number of amides is 1. The number of nitrogens with one attached hydrogen (secondary N) is 2. The molecule has 0 bridgehead atoms. The molecule has 0 fully saturated rings. The molecule has 0 aliphatic carbocycles. The molecule has 0 radical (unpaired) electrons. The van der Waals surface area contributed by atoms with Crippen LogP contribution in [0.4, 0.5) is 10.8 Å². The smallest absolute Gasteiger partial charge is 0.274 e. The number of hydrogen-bond donors (Lipinski definition) is 3. The van der Waals surface area contributed by atoms with Gasteiger partial charge in [0.2, 0.25) is 6.04 Å². The Balaban J connectivity index is 1.73. The lowest BCUT2D eigenvalue weighted by Crippen LogP contribution is -2.31. The molecule has 3 rings (SSSR count). The van der Waals surface area contributed by atoms with Gasteiger partial charge >= 0.3 is 0 Å². The molecular weight excluding hydrogens is 354 g/mol. The van der Waals surface area contributed by atoms with Crippen LogP contribution in [0.5, 0.6) is 0 Å². The Morgan fingerprint density at radius 1 is 1.29 bits per heavy atom. The topological polar surface area (TPSA) is 151 Å². The first kappa shape index (κ1) is 16.0. The van der Waals surface area contributed by atoms with Crippen LogP contribution in [0.25, 0.3) is 0 Å². The van der Waals surface area contributed by atoms with E-state index in [9.17, 15) is 13.2 Å². The minimum Gasteiger partial charge on any atom is -0.383 e. The highest BCUT2D eigenvalue weighted by Crippen LogP contribution is 2.21. The lowest BCUT2D eigenvalue weighted by atomic mass is 10.3. The lowest BCUT2D eigenvalue weighted by Gasteiger charge is -2.05.